The van der Waals surface area contributed by atoms with Gasteiger partial charge in [-0.25, -0.2) is 9.97 Å². The van der Waals surface area contributed by atoms with Crippen LogP contribution in [0.1, 0.15) is 28.2 Å². The molecule has 3 aromatic rings. The molecule has 5 nitrogen and oxygen atoms in total. The number of nitrogens with one attached hydrogen (secondary N) is 1. The number of rotatable bonds is 3. The number of aromatic nitrogens is 2. The Morgan fingerprint density at radius 1 is 1.04 bits per heavy atom. The van der Waals surface area contributed by atoms with E-state index in [0.29, 0.717) is 12.1 Å². The van der Waals surface area contributed by atoms with Gasteiger partial charge >= 0.3 is 0 Å². The van der Waals surface area contributed by atoms with Gasteiger partial charge in [-0.05, 0) is 50.6 Å². The van der Waals surface area contributed by atoms with Crippen molar-refractivity contribution in [2.45, 2.75) is 26.3 Å². The number of hydrogen-bond acceptors (Lipinski definition) is 4. The Hall–Kier alpha value is -2.95. The van der Waals surface area contributed by atoms with E-state index in [-0.39, 0.29) is 11.9 Å². The molecule has 0 radical (unpaired) electrons. The molecule has 1 atom stereocenters. The molecule has 4 rings (SSSR count). The number of hydrogen-bond donors (Lipinski definition) is 1. The normalized spacial score (nSPS) is 16.8. The fraction of sp³-hybridized carbons (Fsp3) is 0.286. The van der Waals surface area contributed by atoms with Crippen molar-refractivity contribution < 1.29 is 4.79 Å². The molecule has 1 aliphatic rings. The number of carbonyl (C=O) groups excluding carboxylic acids is 1. The third-order valence-electron chi connectivity index (χ3n) is 4.94. The molecule has 26 heavy (non-hydrogen) atoms. The minimum absolute atomic E-state index is 0.0595. The highest BCUT2D eigenvalue weighted by molar-refractivity contribution is 5.97. The zero-order valence-electron chi connectivity index (χ0n) is 15.1. The number of benzene rings is 2. The molecule has 2 heterocycles. The van der Waals surface area contributed by atoms with E-state index in [4.69, 9.17) is 0 Å². The summed E-state index contributed by atoms with van der Waals surface area (Å²) in [5.41, 5.74) is 5.20. The zero-order chi connectivity index (χ0) is 18.1. The van der Waals surface area contributed by atoms with E-state index >= 15 is 0 Å². The Bertz CT molecular complexity index is 955. The summed E-state index contributed by atoms with van der Waals surface area (Å²) in [5.74, 6) is 0.0595. The van der Waals surface area contributed by atoms with E-state index in [9.17, 15) is 4.79 Å². The average molecular weight is 346 g/mol. The summed E-state index contributed by atoms with van der Waals surface area (Å²) >= 11 is 0. The lowest BCUT2D eigenvalue weighted by Gasteiger charge is -2.18. The average Bonchev–Trinajstić information content (AvgIpc) is 3.11. The monoisotopic (exact) mass is 346 g/mol. The predicted molar refractivity (Wildman–Crippen MR) is 103 cm³/mol. The van der Waals surface area contributed by atoms with Gasteiger partial charge in [0.15, 0.2) is 0 Å². The van der Waals surface area contributed by atoms with Gasteiger partial charge in [-0.2, -0.15) is 0 Å². The lowest BCUT2D eigenvalue weighted by molar-refractivity contribution is 0.0792. The first kappa shape index (κ1) is 16.5. The van der Waals surface area contributed by atoms with Crippen LogP contribution < -0.4 is 5.32 Å². The Labute approximate surface area is 153 Å². The molecule has 0 saturated carbocycles. The van der Waals surface area contributed by atoms with Gasteiger partial charge in [0.05, 0.1) is 22.4 Å². The van der Waals surface area contributed by atoms with Crippen LogP contribution in [0.2, 0.25) is 0 Å². The third-order valence-corrected chi connectivity index (χ3v) is 4.94. The number of para-hydroxylation sites is 1. The predicted octanol–water partition coefficient (Wildman–Crippen LogP) is 3.57. The molecule has 1 fully saturated rings. The van der Waals surface area contributed by atoms with E-state index in [0.717, 1.165) is 41.1 Å². The van der Waals surface area contributed by atoms with Crippen LogP contribution in [-0.4, -0.2) is 39.9 Å². The Morgan fingerprint density at radius 2 is 1.77 bits per heavy atom. The molecule has 1 N–H and O–H groups in total. The summed E-state index contributed by atoms with van der Waals surface area (Å²) in [6.07, 6.45) is 0.951. The number of fused-ring (bicyclic) bond motifs is 1. The summed E-state index contributed by atoms with van der Waals surface area (Å²) < 4.78 is 0. The SMILES string of the molecule is Cc1nc2ccc(C(=O)N3CCC(Nc4ccccc4)C3)cc2nc1C. The molecule has 1 unspecified atom stereocenters. The van der Waals surface area contributed by atoms with Crippen molar-refractivity contribution in [3.63, 3.8) is 0 Å². The highest BCUT2D eigenvalue weighted by atomic mass is 16.2. The van der Waals surface area contributed by atoms with Crippen LogP contribution >= 0.6 is 0 Å². The molecule has 1 aliphatic heterocycles. The highest BCUT2D eigenvalue weighted by Crippen LogP contribution is 2.20. The summed E-state index contributed by atoms with van der Waals surface area (Å²) in [6.45, 7) is 5.37. The second-order valence-corrected chi connectivity index (χ2v) is 6.85. The molecule has 0 bridgehead atoms. The summed E-state index contributed by atoms with van der Waals surface area (Å²) in [4.78, 5) is 23.9. The van der Waals surface area contributed by atoms with Crippen molar-refractivity contribution in [1.82, 2.24) is 14.9 Å². The molecule has 0 aliphatic carbocycles. The molecule has 2 aromatic carbocycles. The van der Waals surface area contributed by atoms with Crippen LogP contribution in [0.4, 0.5) is 5.69 Å². The van der Waals surface area contributed by atoms with Crippen LogP contribution in [0.5, 0.6) is 0 Å². The number of nitrogens with zero attached hydrogens (tertiary/aromatic N) is 3. The fourth-order valence-corrected chi connectivity index (χ4v) is 3.38. The quantitative estimate of drug-likeness (QED) is 0.788. The van der Waals surface area contributed by atoms with Gasteiger partial charge in [-0.3, -0.25) is 4.79 Å². The molecule has 0 spiro atoms. The van der Waals surface area contributed by atoms with Crippen molar-refractivity contribution in [3.8, 4) is 0 Å². The second kappa shape index (κ2) is 6.75. The minimum atomic E-state index is 0.0595. The van der Waals surface area contributed by atoms with Gasteiger partial charge in [0.1, 0.15) is 0 Å². The fourth-order valence-electron chi connectivity index (χ4n) is 3.38. The van der Waals surface area contributed by atoms with E-state index in [1.807, 2.05) is 55.1 Å². The standard InChI is InChI=1S/C21H22N4O/c1-14-15(2)23-20-12-16(8-9-19(20)22-14)21(26)25-11-10-18(13-25)24-17-6-4-3-5-7-17/h3-9,12,18,24H,10-11,13H2,1-2H3. The largest absolute Gasteiger partial charge is 0.380 e. The van der Waals surface area contributed by atoms with Gasteiger partial charge in [0, 0.05) is 30.4 Å². The number of aryl methyl sites for hydroxylation is 2. The molecule has 5 heteroatoms. The molecule has 1 aromatic heterocycles. The Kier molecular flexibility index (Phi) is 4.29. The molecular weight excluding hydrogens is 324 g/mol. The highest BCUT2D eigenvalue weighted by Gasteiger charge is 2.27. The van der Waals surface area contributed by atoms with Crippen LogP contribution in [0.25, 0.3) is 11.0 Å². The van der Waals surface area contributed by atoms with Crippen LogP contribution in [-0.2, 0) is 0 Å². The molecule has 1 saturated heterocycles. The Morgan fingerprint density at radius 3 is 2.54 bits per heavy atom. The summed E-state index contributed by atoms with van der Waals surface area (Å²) in [5, 5.41) is 3.50. The van der Waals surface area contributed by atoms with E-state index in [2.05, 4.69) is 27.4 Å². The molecule has 132 valence electrons. The number of amides is 1. The van der Waals surface area contributed by atoms with Gasteiger partial charge in [-0.1, -0.05) is 18.2 Å². The number of anilines is 1. The first-order valence-corrected chi connectivity index (χ1v) is 8.96. The van der Waals surface area contributed by atoms with Crippen LogP contribution in [0.3, 0.4) is 0 Å². The first-order chi connectivity index (χ1) is 12.6. The first-order valence-electron chi connectivity index (χ1n) is 8.96. The number of carbonyl (C=O) groups is 1. The van der Waals surface area contributed by atoms with Crippen LogP contribution in [0.15, 0.2) is 48.5 Å². The lowest BCUT2D eigenvalue weighted by atomic mass is 10.1. The summed E-state index contributed by atoms with van der Waals surface area (Å²) in [6, 6.07) is 16.0. The van der Waals surface area contributed by atoms with E-state index < -0.39 is 0 Å². The van der Waals surface area contributed by atoms with Gasteiger partial charge in [0.25, 0.3) is 5.91 Å². The topological polar surface area (TPSA) is 58.1 Å². The maximum Gasteiger partial charge on any atom is 0.254 e. The third kappa shape index (κ3) is 3.25. The molecular formula is C21H22N4O. The van der Waals surface area contributed by atoms with Crippen molar-refractivity contribution in [1.29, 1.82) is 0 Å². The maximum absolute atomic E-state index is 12.9. The van der Waals surface area contributed by atoms with Crippen molar-refractivity contribution in [2.24, 2.45) is 0 Å². The van der Waals surface area contributed by atoms with E-state index in [1.165, 1.54) is 0 Å². The van der Waals surface area contributed by atoms with E-state index in [1.54, 1.807) is 0 Å². The maximum atomic E-state index is 12.9. The van der Waals surface area contributed by atoms with Crippen LogP contribution in [0, 0.1) is 13.8 Å². The van der Waals surface area contributed by atoms with Gasteiger partial charge < -0.3 is 10.2 Å². The zero-order valence-corrected chi connectivity index (χ0v) is 15.1. The lowest BCUT2D eigenvalue weighted by Crippen LogP contribution is -2.31. The molecule has 1 amide bonds. The van der Waals surface area contributed by atoms with Gasteiger partial charge in [0.2, 0.25) is 0 Å². The van der Waals surface area contributed by atoms with Crippen molar-refractivity contribution >= 4 is 22.6 Å². The number of likely N-dealkylation sites (tertiary alicyclic amines) is 1. The Balaban J connectivity index is 1.49. The van der Waals surface area contributed by atoms with Crippen molar-refractivity contribution in [3.05, 3.63) is 65.5 Å². The minimum Gasteiger partial charge on any atom is -0.380 e. The second-order valence-electron chi connectivity index (χ2n) is 6.85. The van der Waals surface area contributed by atoms with Crippen molar-refractivity contribution in [2.75, 3.05) is 18.4 Å². The summed E-state index contributed by atoms with van der Waals surface area (Å²) in [7, 11) is 0. The van der Waals surface area contributed by atoms with Gasteiger partial charge in [-0.15, -0.1) is 0 Å². The smallest absolute Gasteiger partial charge is 0.254 e.